The number of hydrogen-bond acceptors (Lipinski definition) is 7. The Morgan fingerprint density at radius 3 is 2.71 bits per heavy atom. The molecule has 0 aliphatic heterocycles. The van der Waals surface area contributed by atoms with Gasteiger partial charge in [-0.2, -0.15) is 15.2 Å². The summed E-state index contributed by atoms with van der Waals surface area (Å²) in [5.74, 6) is -0.104. The minimum absolute atomic E-state index is 0.140. The second-order valence-corrected chi connectivity index (χ2v) is 6.08. The highest BCUT2D eigenvalue weighted by Crippen LogP contribution is 2.18. The molecular weight excluding hydrogens is 356 g/mol. The van der Waals surface area contributed by atoms with Crippen LogP contribution in [-0.4, -0.2) is 46.4 Å². The molecule has 2 aromatic carbocycles. The number of tetrazole rings is 1. The molecule has 1 aromatic heterocycles. The third kappa shape index (κ3) is 4.56. The van der Waals surface area contributed by atoms with Crippen molar-refractivity contribution in [2.24, 2.45) is 5.10 Å². The Morgan fingerprint density at radius 2 is 2.00 bits per heavy atom. The number of hydrazone groups is 1. The summed E-state index contributed by atoms with van der Waals surface area (Å²) >= 11 is 0. The maximum Gasteiger partial charge on any atom is 0.263 e. The summed E-state index contributed by atoms with van der Waals surface area (Å²) in [4.78, 5) is 15.2. The van der Waals surface area contributed by atoms with E-state index in [2.05, 4.69) is 32.0 Å². The highest BCUT2D eigenvalue weighted by Gasteiger charge is 2.12. The molecule has 28 heavy (non-hydrogen) atoms. The first-order valence-electron chi connectivity index (χ1n) is 8.43. The molecule has 0 aliphatic carbocycles. The summed E-state index contributed by atoms with van der Waals surface area (Å²) in [5.41, 5.74) is 5.37. The van der Waals surface area contributed by atoms with Gasteiger partial charge < -0.3 is 4.90 Å². The van der Waals surface area contributed by atoms with Crippen molar-refractivity contribution in [3.8, 4) is 17.5 Å². The number of carbonyl (C=O) groups is 1. The maximum atomic E-state index is 12.0. The van der Waals surface area contributed by atoms with E-state index in [0.29, 0.717) is 11.1 Å². The minimum atomic E-state index is -0.390. The zero-order valence-corrected chi connectivity index (χ0v) is 15.4. The van der Waals surface area contributed by atoms with E-state index in [9.17, 15) is 4.79 Å². The van der Waals surface area contributed by atoms with Crippen LogP contribution >= 0.6 is 0 Å². The van der Waals surface area contributed by atoms with Gasteiger partial charge in [0.25, 0.3) is 5.91 Å². The monoisotopic (exact) mass is 374 g/mol. The molecule has 3 aromatic rings. The van der Waals surface area contributed by atoms with Crippen LogP contribution in [0.4, 0.5) is 5.69 Å². The quantitative estimate of drug-likeness (QED) is 0.516. The van der Waals surface area contributed by atoms with Crippen molar-refractivity contribution in [2.45, 2.75) is 6.54 Å². The highest BCUT2D eigenvalue weighted by molar-refractivity contribution is 5.82. The number of nitrogens with zero attached hydrogens (tertiary/aromatic N) is 7. The molecule has 9 nitrogen and oxygen atoms in total. The average molecular weight is 374 g/mol. The van der Waals surface area contributed by atoms with Gasteiger partial charge in [-0.05, 0) is 35.0 Å². The Kier molecular flexibility index (Phi) is 5.72. The molecule has 1 N–H and O–H groups in total. The lowest BCUT2D eigenvalue weighted by Crippen LogP contribution is -2.24. The predicted molar refractivity (Wildman–Crippen MR) is 104 cm³/mol. The van der Waals surface area contributed by atoms with Crippen molar-refractivity contribution in [1.82, 2.24) is 25.6 Å². The van der Waals surface area contributed by atoms with Gasteiger partial charge in [0.2, 0.25) is 5.82 Å². The van der Waals surface area contributed by atoms with Gasteiger partial charge in [-0.15, -0.1) is 10.2 Å². The molecular formula is C19H18N8O. The number of carbonyl (C=O) groups excluding carboxylic acids is 1. The molecule has 1 heterocycles. The highest BCUT2D eigenvalue weighted by atomic mass is 16.2. The van der Waals surface area contributed by atoms with Crippen molar-refractivity contribution in [2.75, 3.05) is 19.0 Å². The second-order valence-electron chi connectivity index (χ2n) is 6.08. The number of nitrogens with one attached hydrogen (secondary N) is 1. The van der Waals surface area contributed by atoms with Crippen molar-refractivity contribution >= 4 is 17.8 Å². The minimum Gasteiger partial charge on any atom is -0.378 e. The molecule has 9 heteroatoms. The van der Waals surface area contributed by atoms with E-state index in [4.69, 9.17) is 5.26 Å². The van der Waals surface area contributed by atoms with E-state index in [1.54, 1.807) is 30.5 Å². The van der Waals surface area contributed by atoms with E-state index >= 15 is 0 Å². The summed E-state index contributed by atoms with van der Waals surface area (Å²) < 4.78 is 0. The molecule has 140 valence electrons. The summed E-state index contributed by atoms with van der Waals surface area (Å²) in [7, 11) is 3.93. The number of benzene rings is 2. The van der Waals surface area contributed by atoms with Crippen molar-refractivity contribution in [3.05, 3.63) is 59.7 Å². The summed E-state index contributed by atoms with van der Waals surface area (Å²) in [6, 6.07) is 16.7. The van der Waals surface area contributed by atoms with Gasteiger partial charge in [-0.25, -0.2) is 5.43 Å². The third-order valence-corrected chi connectivity index (χ3v) is 3.84. The molecule has 0 radical (unpaired) electrons. The van der Waals surface area contributed by atoms with Crippen LogP contribution in [-0.2, 0) is 11.3 Å². The maximum absolute atomic E-state index is 12.0. The van der Waals surface area contributed by atoms with Crippen LogP contribution in [0.2, 0.25) is 0 Å². The fraction of sp³-hybridized carbons (Fsp3) is 0.158. The standard InChI is InChI=1S/C19H18N8O/c1-26(2)16-9-7-14(8-10-16)12-21-22-18(28)13-27-24-19(23-25-27)17-6-4-3-5-15(17)11-20/h3-10,12H,13H2,1-2H3,(H,22,28)/b21-12+. The van der Waals surface area contributed by atoms with Crippen molar-refractivity contribution in [1.29, 1.82) is 5.26 Å². The van der Waals surface area contributed by atoms with E-state index in [-0.39, 0.29) is 12.4 Å². The molecule has 0 spiro atoms. The first-order valence-corrected chi connectivity index (χ1v) is 8.43. The molecule has 0 unspecified atom stereocenters. The van der Waals surface area contributed by atoms with Crippen LogP contribution in [0.1, 0.15) is 11.1 Å². The Hall–Kier alpha value is -4.06. The van der Waals surface area contributed by atoms with E-state index < -0.39 is 5.91 Å². The summed E-state index contributed by atoms with van der Waals surface area (Å²) in [6.45, 7) is -0.140. The summed E-state index contributed by atoms with van der Waals surface area (Å²) in [5, 5.41) is 25.0. The van der Waals surface area contributed by atoms with E-state index in [1.165, 1.54) is 0 Å². The van der Waals surface area contributed by atoms with Gasteiger partial charge in [-0.1, -0.05) is 24.3 Å². The Bertz CT molecular complexity index is 1030. The third-order valence-electron chi connectivity index (χ3n) is 3.84. The van der Waals surface area contributed by atoms with Crippen molar-refractivity contribution in [3.63, 3.8) is 0 Å². The largest absolute Gasteiger partial charge is 0.378 e. The molecule has 1 amide bonds. The Morgan fingerprint density at radius 1 is 1.25 bits per heavy atom. The van der Waals surface area contributed by atoms with E-state index in [1.807, 2.05) is 43.3 Å². The van der Waals surface area contributed by atoms with Crippen LogP contribution in [0.15, 0.2) is 53.6 Å². The van der Waals surface area contributed by atoms with Gasteiger partial charge in [0.05, 0.1) is 17.8 Å². The van der Waals surface area contributed by atoms with Crippen LogP contribution < -0.4 is 10.3 Å². The average Bonchev–Trinajstić information content (AvgIpc) is 3.16. The number of nitriles is 1. The van der Waals surface area contributed by atoms with Gasteiger partial charge >= 0.3 is 0 Å². The first kappa shape index (κ1) is 18.7. The van der Waals surface area contributed by atoms with Crippen LogP contribution in [0, 0.1) is 11.3 Å². The first-order chi connectivity index (χ1) is 13.6. The lowest BCUT2D eigenvalue weighted by Gasteiger charge is -2.11. The van der Waals surface area contributed by atoms with Crippen LogP contribution in [0.25, 0.3) is 11.4 Å². The number of anilines is 1. The number of aromatic nitrogens is 4. The fourth-order valence-electron chi connectivity index (χ4n) is 2.39. The van der Waals surface area contributed by atoms with E-state index in [0.717, 1.165) is 16.0 Å². The molecule has 0 aliphatic rings. The molecule has 0 saturated heterocycles. The lowest BCUT2D eigenvalue weighted by atomic mass is 10.1. The van der Waals surface area contributed by atoms with Gasteiger partial charge in [-0.3, -0.25) is 4.79 Å². The zero-order chi connectivity index (χ0) is 19.9. The lowest BCUT2D eigenvalue weighted by molar-refractivity contribution is -0.122. The zero-order valence-electron chi connectivity index (χ0n) is 15.4. The number of rotatable bonds is 6. The number of amides is 1. The molecule has 3 rings (SSSR count). The SMILES string of the molecule is CN(C)c1ccc(/C=N/NC(=O)Cn2nnc(-c3ccccc3C#N)n2)cc1. The molecule has 0 atom stereocenters. The van der Waals surface area contributed by atoms with Crippen LogP contribution in [0.3, 0.4) is 0 Å². The number of hydrogen-bond donors (Lipinski definition) is 1. The van der Waals surface area contributed by atoms with Crippen molar-refractivity contribution < 1.29 is 4.79 Å². The molecule has 0 saturated carbocycles. The molecule has 0 bridgehead atoms. The topological polar surface area (TPSA) is 112 Å². The normalized spacial score (nSPS) is 10.6. The fourth-order valence-corrected chi connectivity index (χ4v) is 2.39. The Balaban J connectivity index is 1.58. The molecule has 0 fully saturated rings. The van der Waals surface area contributed by atoms with Gasteiger partial charge in [0.15, 0.2) is 0 Å². The second kappa shape index (κ2) is 8.55. The van der Waals surface area contributed by atoms with Gasteiger partial charge in [0.1, 0.15) is 6.54 Å². The predicted octanol–water partition coefficient (Wildman–Crippen LogP) is 1.43. The van der Waals surface area contributed by atoms with Crippen LogP contribution in [0.5, 0.6) is 0 Å². The Labute approximate surface area is 161 Å². The van der Waals surface area contributed by atoms with Gasteiger partial charge in [0, 0.05) is 25.3 Å². The smallest absolute Gasteiger partial charge is 0.263 e. The summed E-state index contributed by atoms with van der Waals surface area (Å²) in [6.07, 6.45) is 1.56.